The third kappa shape index (κ3) is 48.7. The van der Waals surface area contributed by atoms with Gasteiger partial charge in [-0.15, -0.1) is 0 Å². The summed E-state index contributed by atoms with van der Waals surface area (Å²) in [6, 6.07) is 0. The molecule has 1 aliphatic heterocycles. The highest BCUT2D eigenvalue weighted by atomic mass is 16.6. The number of hydrogen-bond donors (Lipinski definition) is 2. The zero-order valence-corrected chi connectivity index (χ0v) is 49.2. The van der Waals surface area contributed by atoms with Crippen molar-refractivity contribution in [2.45, 2.75) is 366 Å². The minimum atomic E-state index is -1.13. The van der Waals surface area contributed by atoms with Crippen molar-refractivity contribution in [3.8, 4) is 0 Å². The number of allylic oxidation sites excluding steroid dienone is 2. The largest absolute Gasteiger partial charge is 0.465 e. The second kappa shape index (κ2) is 56.8. The van der Waals surface area contributed by atoms with Gasteiger partial charge in [0.1, 0.15) is 13.2 Å². The predicted molar refractivity (Wildman–Crippen MR) is 315 cm³/mol. The Balaban J connectivity index is 1.67. The summed E-state index contributed by atoms with van der Waals surface area (Å²) in [6.07, 6.45) is 81.8. The quantitative estimate of drug-likeness (QED) is 0.0358. The van der Waals surface area contributed by atoms with Gasteiger partial charge < -0.3 is 19.7 Å². The molecule has 1 fully saturated rings. The number of cyclic esters (lactones) is 2. The normalized spacial score (nSPS) is 15.2. The van der Waals surface area contributed by atoms with Crippen LogP contribution in [0.2, 0.25) is 0 Å². The van der Waals surface area contributed by atoms with Crippen LogP contribution in [0.15, 0.2) is 12.2 Å². The van der Waals surface area contributed by atoms with Gasteiger partial charge in [0.2, 0.25) is 0 Å². The van der Waals surface area contributed by atoms with E-state index in [1.54, 1.807) is 0 Å². The molecule has 1 rings (SSSR count). The van der Waals surface area contributed by atoms with Crippen LogP contribution in [0.5, 0.6) is 0 Å². The van der Waals surface area contributed by atoms with Crippen LogP contribution >= 0.6 is 0 Å². The maximum absolute atomic E-state index is 12.5. The number of carbonyl (C=O) groups is 2. The van der Waals surface area contributed by atoms with Crippen molar-refractivity contribution in [1.82, 2.24) is 0 Å². The summed E-state index contributed by atoms with van der Waals surface area (Å²) < 4.78 is 10.6. The van der Waals surface area contributed by atoms with Gasteiger partial charge in [-0.05, 0) is 32.1 Å². The zero-order chi connectivity index (χ0) is 52.5. The van der Waals surface area contributed by atoms with Crippen molar-refractivity contribution >= 4 is 11.9 Å². The van der Waals surface area contributed by atoms with Gasteiger partial charge in [-0.3, -0.25) is 9.59 Å². The molecular weight excluding hydrogens is 901 g/mol. The Labute approximate surface area is 455 Å². The van der Waals surface area contributed by atoms with Crippen LogP contribution in [0.1, 0.15) is 366 Å². The zero-order valence-electron chi connectivity index (χ0n) is 49.2. The molecule has 1 atom stereocenters. The minimum absolute atomic E-state index is 0.00840. The average molecular weight is 1030 g/mol. The number of rotatable bonds is 58. The first-order valence-corrected chi connectivity index (χ1v) is 33.3. The molecule has 1 aliphatic rings. The van der Waals surface area contributed by atoms with Gasteiger partial charge in [0, 0.05) is 0 Å². The van der Waals surface area contributed by atoms with E-state index < -0.39 is 36.5 Å². The average Bonchev–Trinajstić information content (AvgIpc) is 3.46. The fraction of sp³-hybridized carbons (Fsp3) is 0.940. The number of esters is 2. The standard InChI is InChI=1S/C67H128O6/c1-2-3-4-5-6-7-8-9-10-11-12-13-14-15-16-17-18-19-20-21-22-23-24-25-26-27-28-29-30-31-32-33-34-35-36-37-38-39-40-41-42-43-44-45-46-47-48-49-50-51-52-53-54-55-56-57-58-64-59-65(70)72-62-67(60-68,61-69)63-73-66(64)71/h52-53,64,68-69H,2-51,54-63H2,1H3/b53-52+. The Morgan fingerprint density at radius 1 is 0.356 bits per heavy atom. The van der Waals surface area contributed by atoms with Gasteiger partial charge in [-0.2, -0.15) is 0 Å². The number of aliphatic hydroxyl groups is 2. The summed E-state index contributed by atoms with van der Waals surface area (Å²) >= 11 is 0. The third-order valence-electron chi connectivity index (χ3n) is 16.5. The molecule has 0 saturated carbocycles. The van der Waals surface area contributed by atoms with Gasteiger partial charge in [-0.1, -0.05) is 340 Å². The lowest BCUT2D eigenvalue weighted by atomic mass is 9.92. The molecule has 0 radical (unpaired) electrons. The number of carbonyl (C=O) groups excluding carboxylic acids is 2. The maximum atomic E-state index is 12.5. The maximum Gasteiger partial charge on any atom is 0.309 e. The SMILES string of the molecule is CCCCCCCCCCCCCCCCCCCCCCCCCCCCCCCCCCCCCCCCCCCCCCCCCCC/C=C/CCCCCC1CC(=O)OCC(CO)(CO)COC1=O. The molecule has 6 heteroatoms. The van der Waals surface area contributed by atoms with Gasteiger partial charge in [0.05, 0.1) is 31.0 Å². The number of hydrogen-bond acceptors (Lipinski definition) is 6. The topological polar surface area (TPSA) is 93.1 Å². The van der Waals surface area contributed by atoms with E-state index in [2.05, 4.69) is 19.1 Å². The van der Waals surface area contributed by atoms with Crippen LogP contribution in [0.25, 0.3) is 0 Å². The monoisotopic (exact) mass is 1030 g/mol. The molecule has 1 saturated heterocycles. The van der Waals surface area contributed by atoms with E-state index >= 15 is 0 Å². The molecule has 432 valence electrons. The van der Waals surface area contributed by atoms with Crippen molar-refractivity contribution in [2.24, 2.45) is 11.3 Å². The highest BCUT2D eigenvalue weighted by Crippen LogP contribution is 2.25. The van der Waals surface area contributed by atoms with Crippen LogP contribution < -0.4 is 0 Å². The Kier molecular flexibility index (Phi) is 54.2. The van der Waals surface area contributed by atoms with E-state index in [9.17, 15) is 19.8 Å². The molecule has 0 aromatic heterocycles. The molecule has 0 bridgehead atoms. The molecular formula is C67H128O6. The smallest absolute Gasteiger partial charge is 0.309 e. The number of aliphatic hydroxyl groups excluding tert-OH is 2. The van der Waals surface area contributed by atoms with Crippen LogP contribution in [0.4, 0.5) is 0 Å². The van der Waals surface area contributed by atoms with E-state index in [-0.39, 0.29) is 19.6 Å². The molecule has 1 heterocycles. The Hall–Kier alpha value is -1.40. The molecule has 6 nitrogen and oxygen atoms in total. The first kappa shape index (κ1) is 69.6. The predicted octanol–water partition coefficient (Wildman–Crippen LogP) is 21.1. The van der Waals surface area contributed by atoms with E-state index in [0.29, 0.717) is 6.42 Å². The molecule has 0 amide bonds. The van der Waals surface area contributed by atoms with Crippen LogP contribution in [0.3, 0.4) is 0 Å². The molecule has 2 N–H and O–H groups in total. The van der Waals surface area contributed by atoms with Gasteiger partial charge in [0.25, 0.3) is 0 Å². The van der Waals surface area contributed by atoms with Crippen molar-refractivity contribution in [3.63, 3.8) is 0 Å². The second-order valence-electron chi connectivity index (χ2n) is 23.9. The van der Waals surface area contributed by atoms with E-state index in [1.807, 2.05) is 0 Å². The lowest BCUT2D eigenvalue weighted by Crippen LogP contribution is -2.40. The minimum Gasteiger partial charge on any atom is -0.465 e. The number of unbranched alkanes of at least 4 members (excludes halogenated alkanes) is 52. The van der Waals surface area contributed by atoms with Crippen LogP contribution in [-0.2, 0) is 19.1 Å². The van der Waals surface area contributed by atoms with E-state index in [0.717, 1.165) is 25.7 Å². The Morgan fingerprint density at radius 2 is 0.589 bits per heavy atom. The molecule has 1 unspecified atom stereocenters. The molecule has 0 spiro atoms. The van der Waals surface area contributed by atoms with Crippen molar-refractivity contribution < 1.29 is 29.3 Å². The third-order valence-corrected chi connectivity index (χ3v) is 16.5. The summed E-state index contributed by atoms with van der Waals surface area (Å²) in [5.41, 5.74) is -1.13. The Bertz CT molecular complexity index is 1150. The summed E-state index contributed by atoms with van der Waals surface area (Å²) in [5.74, 6) is -1.44. The fourth-order valence-corrected chi connectivity index (χ4v) is 11.1. The van der Waals surface area contributed by atoms with E-state index in [1.165, 1.54) is 321 Å². The summed E-state index contributed by atoms with van der Waals surface area (Å²) in [4.78, 5) is 24.7. The van der Waals surface area contributed by atoms with Gasteiger partial charge >= 0.3 is 11.9 Å². The van der Waals surface area contributed by atoms with E-state index in [4.69, 9.17) is 9.47 Å². The molecule has 0 aromatic carbocycles. The summed E-state index contributed by atoms with van der Waals surface area (Å²) in [6.45, 7) is 1.19. The fourth-order valence-electron chi connectivity index (χ4n) is 11.1. The van der Waals surface area contributed by atoms with Crippen molar-refractivity contribution in [1.29, 1.82) is 0 Å². The lowest BCUT2D eigenvalue weighted by Gasteiger charge is -2.27. The lowest BCUT2D eigenvalue weighted by molar-refractivity contribution is -0.155. The summed E-state index contributed by atoms with van der Waals surface area (Å²) in [5, 5.41) is 19.2. The first-order valence-electron chi connectivity index (χ1n) is 33.3. The molecule has 73 heavy (non-hydrogen) atoms. The number of ether oxygens (including phenoxy) is 2. The first-order chi connectivity index (χ1) is 36.1. The van der Waals surface area contributed by atoms with Crippen molar-refractivity contribution in [2.75, 3.05) is 26.4 Å². The van der Waals surface area contributed by atoms with Crippen LogP contribution in [-0.4, -0.2) is 48.6 Å². The van der Waals surface area contributed by atoms with Gasteiger partial charge in [0.15, 0.2) is 0 Å². The van der Waals surface area contributed by atoms with Gasteiger partial charge in [-0.25, -0.2) is 0 Å². The molecule has 0 aliphatic carbocycles. The van der Waals surface area contributed by atoms with Crippen LogP contribution in [0, 0.1) is 11.3 Å². The molecule has 0 aromatic rings. The second-order valence-corrected chi connectivity index (χ2v) is 23.9. The highest BCUT2D eigenvalue weighted by molar-refractivity contribution is 5.80. The van der Waals surface area contributed by atoms with Crippen molar-refractivity contribution in [3.05, 3.63) is 12.2 Å². The highest BCUT2D eigenvalue weighted by Gasteiger charge is 2.36. The Morgan fingerprint density at radius 3 is 0.849 bits per heavy atom. The summed E-state index contributed by atoms with van der Waals surface area (Å²) in [7, 11) is 0.